The highest BCUT2D eigenvalue weighted by Gasteiger charge is 2.01. The molecular weight excluding hydrogens is 200 g/mol. The molecule has 1 aromatic heterocycles. The van der Waals surface area contributed by atoms with E-state index in [1.54, 1.807) is 7.11 Å². The van der Waals surface area contributed by atoms with E-state index in [1.165, 1.54) is 16.5 Å². The number of fused-ring (bicyclic) bond motifs is 1. The third-order valence-corrected chi connectivity index (χ3v) is 2.82. The molecule has 1 heterocycles. The molecule has 3 heteroatoms. The standard InChI is InChI=1S/C13H18N2O/c1-16-8-2-6-15-7-5-12-4-3-11(10-14)9-13(12)15/h3-5,7,9H,2,6,8,10,14H2,1H3. The largest absolute Gasteiger partial charge is 0.385 e. The summed E-state index contributed by atoms with van der Waals surface area (Å²) >= 11 is 0. The monoisotopic (exact) mass is 218 g/mol. The van der Waals surface area contributed by atoms with E-state index in [9.17, 15) is 0 Å². The Morgan fingerprint density at radius 2 is 2.19 bits per heavy atom. The topological polar surface area (TPSA) is 40.2 Å². The Morgan fingerprint density at radius 1 is 1.31 bits per heavy atom. The van der Waals surface area contributed by atoms with Crippen molar-refractivity contribution < 1.29 is 4.74 Å². The Balaban J connectivity index is 2.24. The van der Waals surface area contributed by atoms with Gasteiger partial charge in [0.1, 0.15) is 0 Å². The van der Waals surface area contributed by atoms with Crippen LogP contribution in [-0.4, -0.2) is 18.3 Å². The van der Waals surface area contributed by atoms with Crippen molar-refractivity contribution in [2.45, 2.75) is 19.5 Å². The SMILES string of the molecule is COCCCn1ccc2ccc(CN)cc21. The molecule has 1 aromatic carbocycles. The normalized spacial score (nSPS) is 11.1. The first-order valence-electron chi connectivity index (χ1n) is 5.62. The molecule has 0 aliphatic carbocycles. The Hall–Kier alpha value is -1.32. The molecule has 2 aromatic rings. The Morgan fingerprint density at radius 3 is 2.94 bits per heavy atom. The number of methoxy groups -OCH3 is 1. The molecule has 0 radical (unpaired) electrons. The van der Waals surface area contributed by atoms with Gasteiger partial charge in [-0.15, -0.1) is 0 Å². The van der Waals surface area contributed by atoms with Crippen LogP contribution in [0.4, 0.5) is 0 Å². The van der Waals surface area contributed by atoms with Gasteiger partial charge in [-0.25, -0.2) is 0 Å². The Bertz CT molecular complexity index is 462. The summed E-state index contributed by atoms with van der Waals surface area (Å²) in [6.07, 6.45) is 3.16. The summed E-state index contributed by atoms with van der Waals surface area (Å²) in [4.78, 5) is 0. The lowest BCUT2D eigenvalue weighted by Crippen LogP contribution is -2.01. The van der Waals surface area contributed by atoms with E-state index in [4.69, 9.17) is 10.5 Å². The maximum absolute atomic E-state index is 5.65. The van der Waals surface area contributed by atoms with Crippen LogP contribution in [0.3, 0.4) is 0 Å². The van der Waals surface area contributed by atoms with Crippen LogP contribution in [0, 0.1) is 0 Å². The van der Waals surface area contributed by atoms with E-state index < -0.39 is 0 Å². The van der Waals surface area contributed by atoms with Crippen molar-refractivity contribution in [3.63, 3.8) is 0 Å². The predicted molar refractivity (Wildman–Crippen MR) is 66.3 cm³/mol. The zero-order chi connectivity index (χ0) is 11.4. The zero-order valence-electron chi connectivity index (χ0n) is 9.65. The van der Waals surface area contributed by atoms with Gasteiger partial charge in [-0.05, 0) is 29.5 Å². The molecule has 0 amide bonds. The highest BCUT2D eigenvalue weighted by Crippen LogP contribution is 2.17. The van der Waals surface area contributed by atoms with Gasteiger partial charge in [-0.3, -0.25) is 0 Å². The van der Waals surface area contributed by atoms with Gasteiger partial charge in [0.25, 0.3) is 0 Å². The van der Waals surface area contributed by atoms with E-state index in [-0.39, 0.29) is 0 Å². The number of aromatic nitrogens is 1. The molecule has 0 saturated carbocycles. The van der Waals surface area contributed by atoms with Crippen LogP contribution in [0.1, 0.15) is 12.0 Å². The molecule has 2 rings (SSSR count). The van der Waals surface area contributed by atoms with Crippen molar-refractivity contribution in [1.29, 1.82) is 0 Å². The smallest absolute Gasteiger partial charge is 0.0483 e. The first kappa shape index (κ1) is 11.2. The van der Waals surface area contributed by atoms with Crippen LogP contribution in [0.5, 0.6) is 0 Å². The van der Waals surface area contributed by atoms with Crippen molar-refractivity contribution in [2.24, 2.45) is 5.73 Å². The van der Waals surface area contributed by atoms with E-state index in [2.05, 4.69) is 35.0 Å². The fourth-order valence-corrected chi connectivity index (χ4v) is 1.93. The molecule has 16 heavy (non-hydrogen) atoms. The van der Waals surface area contributed by atoms with E-state index in [0.29, 0.717) is 6.54 Å². The number of nitrogens with zero attached hydrogens (tertiary/aromatic N) is 1. The summed E-state index contributed by atoms with van der Waals surface area (Å²) < 4.78 is 7.32. The molecular formula is C13H18N2O. The molecule has 86 valence electrons. The highest BCUT2D eigenvalue weighted by atomic mass is 16.5. The molecule has 0 atom stereocenters. The fraction of sp³-hybridized carbons (Fsp3) is 0.385. The van der Waals surface area contributed by atoms with E-state index in [0.717, 1.165) is 19.6 Å². The molecule has 0 bridgehead atoms. The second kappa shape index (κ2) is 5.14. The highest BCUT2D eigenvalue weighted by molar-refractivity contribution is 5.80. The van der Waals surface area contributed by atoms with Crippen molar-refractivity contribution >= 4 is 10.9 Å². The van der Waals surface area contributed by atoms with Gasteiger partial charge in [-0.2, -0.15) is 0 Å². The number of aryl methyl sites for hydroxylation is 1. The average molecular weight is 218 g/mol. The van der Waals surface area contributed by atoms with Gasteiger partial charge in [0.15, 0.2) is 0 Å². The number of hydrogen-bond donors (Lipinski definition) is 1. The van der Waals surface area contributed by atoms with Crippen molar-refractivity contribution in [3.8, 4) is 0 Å². The van der Waals surface area contributed by atoms with E-state index >= 15 is 0 Å². The molecule has 3 nitrogen and oxygen atoms in total. The number of ether oxygens (including phenoxy) is 1. The van der Waals surface area contributed by atoms with Crippen LogP contribution in [-0.2, 0) is 17.8 Å². The first-order chi connectivity index (χ1) is 7.85. The van der Waals surface area contributed by atoms with Crippen LogP contribution in [0.25, 0.3) is 10.9 Å². The van der Waals surface area contributed by atoms with Crippen LogP contribution in [0.15, 0.2) is 30.5 Å². The van der Waals surface area contributed by atoms with Gasteiger partial charge in [-0.1, -0.05) is 12.1 Å². The quantitative estimate of drug-likeness (QED) is 0.781. The third-order valence-electron chi connectivity index (χ3n) is 2.82. The molecule has 0 unspecified atom stereocenters. The van der Waals surface area contributed by atoms with Gasteiger partial charge in [0, 0.05) is 38.5 Å². The van der Waals surface area contributed by atoms with Crippen molar-refractivity contribution in [1.82, 2.24) is 4.57 Å². The van der Waals surface area contributed by atoms with E-state index in [1.807, 2.05) is 0 Å². The number of rotatable bonds is 5. The second-order valence-corrected chi connectivity index (χ2v) is 3.95. The average Bonchev–Trinajstić information content (AvgIpc) is 2.72. The minimum absolute atomic E-state index is 0.596. The Kier molecular flexibility index (Phi) is 3.59. The summed E-state index contributed by atoms with van der Waals surface area (Å²) in [6.45, 7) is 2.39. The minimum atomic E-state index is 0.596. The lowest BCUT2D eigenvalue weighted by atomic mass is 10.1. The van der Waals surface area contributed by atoms with Crippen molar-refractivity contribution in [2.75, 3.05) is 13.7 Å². The van der Waals surface area contributed by atoms with Crippen molar-refractivity contribution in [3.05, 3.63) is 36.0 Å². The molecule has 0 fully saturated rings. The maximum Gasteiger partial charge on any atom is 0.0483 e. The van der Waals surface area contributed by atoms with Crippen LogP contribution < -0.4 is 5.73 Å². The summed E-state index contributed by atoms with van der Waals surface area (Å²) in [5.41, 5.74) is 8.09. The summed E-state index contributed by atoms with van der Waals surface area (Å²) in [6, 6.07) is 8.52. The molecule has 2 N–H and O–H groups in total. The number of hydrogen-bond acceptors (Lipinski definition) is 2. The molecule has 0 saturated heterocycles. The van der Waals surface area contributed by atoms with Crippen LogP contribution in [0.2, 0.25) is 0 Å². The van der Waals surface area contributed by atoms with Gasteiger partial charge in [0.2, 0.25) is 0 Å². The first-order valence-corrected chi connectivity index (χ1v) is 5.62. The lowest BCUT2D eigenvalue weighted by Gasteiger charge is -2.06. The molecule has 0 spiro atoms. The number of nitrogens with two attached hydrogens (primary N) is 1. The summed E-state index contributed by atoms with van der Waals surface area (Å²) in [5.74, 6) is 0. The zero-order valence-corrected chi connectivity index (χ0v) is 9.65. The third kappa shape index (κ3) is 2.26. The predicted octanol–water partition coefficient (Wildman–Crippen LogP) is 2.14. The minimum Gasteiger partial charge on any atom is -0.385 e. The van der Waals surface area contributed by atoms with Gasteiger partial charge >= 0.3 is 0 Å². The summed E-state index contributed by atoms with van der Waals surface area (Å²) in [5, 5.41) is 1.27. The van der Waals surface area contributed by atoms with Crippen LogP contribution >= 0.6 is 0 Å². The maximum atomic E-state index is 5.65. The summed E-state index contributed by atoms with van der Waals surface area (Å²) in [7, 11) is 1.74. The fourth-order valence-electron chi connectivity index (χ4n) is 1.93. The van der Waals surface area contributed by atoms with Gasteiger partial charge in [0.05, 0.1) is 0 Å². The number of benzene rings is 1. The molecule has 0 aliphatic heterocycles. The lowest BCUT2D eigenvalue weighted by molar-refractivity contribution is 0.190. The molecule has 0 aliphatic rings. The second-order valence-electron chi connectivity index (χ2n) is 3.95. The Labute approximate surface area is 95.8 Å². The van der Waals surface area contributed by atoms with Gasteiger partial charge < -0.3 is 15.0 Å².